The Hall–Kier alpha value is -3.26. The average molecular weight is 429 g/mol. The second-order valence-electron chi connectivity index (χ2n) is 7.46. The quantitative estimate of drug-likeness (QED) is 0.611. The van der Waals surface area contributed by atoms with Gasteiger partial charge in [-0.3, -0.25) is 14.6 Å². The lowest BCUT2D eigenvalue weighted by molar-refractivity contribution is -0.145. The van der Waals surface area contributed by atoms with Crippen molar-refractivity contribution in [3.05, 3.63) is 58.0 Å². The molecule has 8 nitrogen and oxygen atoms in total. The van der Waals surface area contributed by atoms with Crippen molar-refractivity contribution in [1.29, 1.82) is 0 Å². The van der Waals surface area contributed by atoms with Crippen LogP contribution in [0.25, 0.3) is 11.1 Å². The molecular weight excluding hydrogens is 408 g/mol. The van der Waals surface area contributed by atoms with Gasteiger partial charge in [-0.1, -0.05) is 11.6 Å². The first-order valence-corrected chi connectivity index (χ1v) is 9.96. The van der Waals surface area contributed by atoms with E-state index in [9.17, 15) is 14.4 Å². The van der Waals surface area contributed by atoms with Crippen molar-refractivity contribution in [2.45, 2.75) is 25.9 Å². The van der Waals surface area contributed by atoms with Crippen molar-refractivity contribution < 1.29 is 14.0 Å². The maximum absolute atomic E-state index is 12.8. The standard InChI is InChI=1S/C21H21ClN4O4/c1-12-11-26(13(2)10-25(12)16-6-3-14(22)4-7-16)20(28)19(27)23-15-5-8-17-18(9-15)30-21(29)24-17/h3-9,12-13H,10-11H2,1-2H3,(H,23,27)(H,24,29)/t12-,13-/m1/s1. The summed E-state index contributed by atoms with van der Waals surface area (Å²) < 4.78 is 4.99. The highest BCUT2D eigenvalue weighted by molar-refractivity contribution is 6.39. The molecule has 156 valence electrons. The Morgan fingerprint density at radius 3 is 2.57 bits per heavy atom. The Morgan fingerprint density at radius 1 is 1.10 bits per heavy atom. The summed E-state index contributed by atoms with van der Waals surface area (Å²) in [5.74, 6) is -1.90. The molecular formula is C21H21ClN4O4. The van der Waals surface area contributed by atoms with E-state index < -0.39 is 17.6 Å². The molecule has 9 heteroatoms. The van der Waals surface area contributed by atoms with E-state index in [4.69, 9.17) is 16.0 Å². The number of aromatic nitrogens is 1. The molecule has 4 rings (SSSR count). The Bertz CT molecular complexity index is 1150. The molecule has 3 aromatic rings. The molecule has 2 heterocycles. The van der Waals surface area contributed by atoms with E-state index >= 15 is 0 Å². The zero-order valence-electron chi connectivity index (χ0n) is 16.5. The minimum absolute atomic E-state index is 0.0320. The van der Waals surface area contributed by atoms with E-state index in [0.717, 1.165) is 5.69 Å². The number of nitrogens with one attached hydrogen (secondary N) is 2. The summed E-state index contributed by atoms with van der Waals surface area (Å²) >= 11 is 5.98. The SMILES string of the molecule is C[C@@H]1CN(c2ccc(Cl)cc2)[C@H](C)CN1C(=O)C(=O)Nc1ccc2[nH]c(=O)oc2c1. The minimum Gasteiger partial charge on any atom is -0.408 e. The lowest BCUT2D eigenvalue weighted by Gasteiger charge is -2.45. The van der Waals surface area contributed by atoms with Crippen LogP contribution in [-0.4, -0.2) is 46.9 Å². The van der Waals surface area contributed by atoms with Crippen LogP contribution in [0, 0.1) is 0 Å². The number of nitrogens with zero attached hydrogens (tertiary/aromatic N) is 2. The highest BCUT2D eigenvalue weighted by atomic mass is 35.5. The van der Waals surface area contributed by atoms with Gasteiger partial charge in [-0.05, 0) is 50.2 Å². The zero-order chi connectivity index (χ0) is 21.4. The van der Waals surface area contributed by atoms with Crippen LogP contribution in [0.3, 0.4) is 0 Å². The van der Waals surface area contributed by atoms with Crippen molar-refractivity contribution >= 4 is 45.9 Å². The van der Waals surface area contributed by atoms with Gasteiger partial charge in [0.25, 0.3) is 0 Å². The highest BCUT2D eigenvalue weighted by Gasteiger charge is 2.34. The summed E-state index contributed by atoms with van der Waals surface area (Å²) in [6, 6.07) is 12.2. The van der Waals surface area contributed by atoms with Gasteiger partial charge in [-0.25, -0.2) is 4.79 Å². The van der Waals surface area contributed by atoms with E-state index in [1.54, 1.807) is 17.0 Å². The number of oxazole rings is 1. The Labute approximate surface area is 177 Å². The fourth-order valence-electron chi connectivity index (χ4n) is 3.74. The van der Waals surface area contributed by atoms with E-state index in [1.165, 1.54) is 6.07 Å². The Morgan fingerprint density at radius 2 is 1.83 bits per heavy atom. The minimum atomic E-state index is -0.730. The van der Waals surface area contributed by atoms with Crippen molar-refractivity contribution in [1.82, 2.24) is 9.88 Å². The number of fused-ring (bicyclic) bond motifs is 1. The van der Waals surface area contributed by atoms with E-state index in [0.29, 0.717) is 34.9 Å². The first-order valence-electron chi connectivity index (χ1n) is 9.59. The number of hydrogen-bond donors (Lipinski definition) is 2. The van der Waals surface area contributed by atoms with Crippen LogP contribution >= 0.6 is 11.6 Å². The fraction of sp³-hybridized carbons (Fsp3) is 0.286. The molecule has 1 fully saturated rings. The fourth-order valence-corrected chi connectivity index (χ4v) is 3.87. The number of amides is 2. The van der Waals surface area contributed by atoms with Crippen molar-refractivity contribution in [3.63, 3.8) is 0 Å². The second kappa shape index (κ2) is 7.87. The number of rotatable bonds is 2. The summed E-state index contributed by atoms with van der Waals surface area (Å²) in [7, 11) is 0. The molecule has 2 atom stereocenters. The second-order valence-corrected chi connectivity index (χ2v) is 7.90. The van der Waals surface area contributed by atoms with Crippen LogP contribution in [0.4, 0.5) is 11.4 Å². The van der Waals surface area contributed by atoms with E-state index in [2.05, 4.69) is 15.2 Å². The third kappa shape index (κ3) is 3.91. The predicted molar refractivity (Wildman–Crippen MR) is 115 cm³/mol. The number of aromatic amines is 1. The molecule has 1 aromatic heterocycles. The van der Waals surface area contributed by atoms with Crippen LogP contribution in [0.1, 0.15) is 13.8 Å². The van der Waals surface area contributed by atoms with E-state index in [1.807, 2.05) is 38.1 Å². The van der Waals surface area contributed by atoms with Crippen LogP contribution in [0.5, 0.6) is 0 Å². The molecule has 1 aliphatic heterocycles. The molecule has 1 aliphatic rings. The largest absolute Gasteiger partial charge is 0.417 e. The molecule has 2 N–H and O–H groups in total. The summed E-state index contributed by atoms with van der Waals surface area (Å²) in [6.07, 6.45) is 0. The number of carbonyl (C=O) groups is 2. The first-order chi connectivity index (χ1) is 14.3. The molecule has 2 amide bonds. The smallest absolute Gasteiger partial charge is 0.408 e. The van der Waals surface area contributed by atoms with Gasteiger partial charge >= 0.3 is 17.6 Å². The Kier molecular flexibility index (Phi) is 5.26. The molecule has 2 aromatic carbocycles. The van der Waals surface area contributed by atoms with Crippen LogP contribution < -0.4 is 16.0 Å². The average Bonchev–Trinajstić information content (AvgIpc) is 3.09. The summed E-state index contributed by atoms with van der Waals surface area (Å²) in [5, 5.41) is 3.26. The predicted octanol–water partition coefficient (Wildman–Crippen LogP) is 2.84. The molecule has 1 saturated heterocycles. The third-order valence-corrected chi connectivity index (χ3v) is 5.53. The molecule has 30 heavy (non-hydrogen) atoms. The van der Waals surface area contributed by atoms with Crippen molar-refractivity contribution in [3.8, 4) is 0 Å². The number of benzene rings is 2. The molecule has 0 bridgehead atoms. The van der Waals surface area contributed by atoms with Gasteiger partial charge in [0.15, 0.2) is 5.58 Å². The van der Waals surface area contributed by atoms with Gasteiger partial charge in [-0.15, -0.1) is 0 Å². The molecule has 0 spiro atoms. The number of halogens is 1. The monoisotopic (exact) mass is 428 g/mol. The molecule has 0 aliphatic carbocycles. The highest BCUT2D eigenvalue weighted by Crippen LogP contribution is 2.25. The summed E-state index contributed by atoms with van der Waals surface area (Å²) in [4.78, 5) is 43.0. The number of carbonyl (C=O) groups excluding carboxylic acids is 2. The van der Waals surface area contributed by atoms with Crippen LogP contribution in [0.2, 0.25) is 5.02 Å². The van der Waals surface area contributed by atoms with Gasteiger partial charge < -0.3 is 19.5 Å². The zero-order valence-corrected chi connectivity index (χ0v) is 17.3. The molecule has 0 radical (unpaired) electrons. The van der Waals surface area contributed by atoms with Crippen LogP contribution in [0.15, 0.2) is 51.7 Å². The normalized spacial score (nSPS) is 19.2. The van der Waals surface area contributed by atoms with Gasteiger partial charge in [0.1, 0.15) is 0 Å². The third-order valence-electron chi connectivity index (χ3n) is 5.28. The topological polar surface area (TPSA) is 98.6 Å². The first kappa shape index (κ1) is 20.0. The summed E-state index contributed by atoms with van der Waals surface area (Å²) in [6.45, 7) is 4.95. The Balaban J connectivity index is 1.45. The summed E-state index contributed by atoms with van der Waals surface area (Å²) in [5.41, 5.74) is 2.23. The number of hydrogen-bond acceptors (Lipinski definition) is 5. The lowest BCUT2D eigenvalue weighted by atomic mass is 10.1. The number of piperazine rings is 1. The van der Waals surface area contributed by atoms with Crippen molar-refractivity contribution in [2.24, 2.45) is 0 Å². The number of anilines is 2. The maximum Gasteiger partial charge on any atom is 0.417 e. The molecule has 0 unspecified atom stereocenters. The van der Waals surface area contributed by atoms with Gasteiger partial charge in [0.2, 0.25) is 0 Å². The lowest BCUT2D eigenvalue weighted by Crippen LogP contribution is -2.60. The van der Waals surface area contributed by atoms with Gasteiger partial charge in [-0.2, -0.15) is 0 Å². The van der Waals surface area contributed by atoms with Crippen LogP contribution in [-0.2, 0) is 9.59 Å². The molecule has 0 saturated carbocycles. The van der Waals surface area contributed by atoms with Gasteiger partial charge in [0.05, 0.1) is 5.52 Å². The number of H-pyrrole nitrogens is 1. The maximum atomic E-state index is 12.8. The van der Waals surface area contributed by atoms with Gasteiger partial charge in [0, 0.05) is 47.6 Å². The van der Waals surface area contributed by atoms with E-state index in [-0.39, 0.29) is 12.1 Å². The van der Waals surface area contributed by atoms with Crippen molar-refractivity contribution in [2.75, 3.05) is 23.3 Å².